The number of hydrogen-bond donors (Lipinski definition) is 2. The van der Waals surface area contributed by atoms with Gasteiger partial charge < -0.3 is 14.8 Å². The van der Waals surface area contributed by atoms with Crippen LogP contribution in [0.5, 0.6) is 0 Å². The third-order valence-corrected chi connectivity index (χ3v) is 3.66. The third-order valence-electron chi connectivity index (χ3n) is 3.66. The van der Waals surface area contributed by atoms with Gasteiger partial charge in [-0.15, -0.1) is 0 Å². The molecule has 5 nitrogen and oxygen atoms in total. The van der Waals surface area contributed by atoms with Crippen LogP contribution < -0.4 is 5.32 Å². The average molecular weight is 289 g/mol. The van der Waals surface area contributed by atoms with Gasteiger partial charge in [0.2, 0.25) is 0 Å². The molecule has 0 saturated carbocycles. The molecule has 0 bridgehead atoms. The quantitative estimate of drug-likeness (QED) is 0.886. The molecule has 1 aromatic carbocycles. The van der Waals surface area contributed by atoms with Crippen LogP contribution >= 0.6 is 0 Å². The Labute approximate surface area is 122 Å². The zero-order valence-electron chi connectivity index (χ0n) is 12.3. The number of amides is 1. The Morgan fingerprint density at radius 2 is 2.05 bits per heavy atom. The summed E-state index contributed by atoms with van der Waals surface area (Å²) >= 11 is 0. The molecule has 5 heteroatoms. The van der Waals surface area contributed by atoms with E-state index in [4.69, 9.17) is 4.42 Å². The minimum absolute atomic E-state index is 0.130. The van der Waals surface area contributed by atoms with Crippen molar-refractivity contribution in [1.29, 1.82) is 0 Å². The van der Waals surface area contributed by atoms with Crippen LogP contribution in [-0.2, 0) is 4.79 Å². The fourth-order valence-corrected chi connectivity index (χ4v) is 2.17. The van der Waals surface area contributed by atoms with Crippen molar-refractivity contribution in [2.75, 3.05) is 0 Å². The highest BCUT2D eigenvalue weighted by Crippen LogP contribution is 2.21. The molecule has 1 amide bonds. The zero-order valence-corrected chi connectivity index (χ0v) is 12.3. The lowest BCUT2D eigenvalue weighted by Gasteiger charge is -2.19. The van der Waals surface area contributed by atoms with E-state index >= 15 is 0 Å². The highest BCUT2D eigenvalue weighted by atomic mass is 16.4. The molecule has 0 saturated heterocycles. The van der Waals surface area contributed by atoms with E-state index in [0.29, 0.717) is 12.0 Å². The van der Waals surface area contributed by atoms with Gasteiger partial charge in [-0.3, -0.25) is 4.79 Å². The molecule has 2 N–H and O–H groups in total. The number of furan rings is 1. The first-order valence-electron chi connectivity index (χ1n) is 6.96. The molecule has 0 aliphatic heterocycles. The fourth-order valence-electron chi connectivity index (χ4n) is 2.17. The van der Waals surface area contributed by atoms with Crippen LogP contribution in [0.15, 0.2) is 28.7 Å². The lowest BCUT2D eigenvalue weighted by atomic mass is 9.99. The van der Waals surface area contributed by atoms with Crippen molar-refractivity contribution >= 4 is 22.8 Å². The van der Waals surface area contributed by atoms with Crippen LogP contribution in [0.2, 0.25) is 0 Å². The van der Waals surface area contributed by atoms with E-state index in [1.807, 2.05) is 26.0 Å². The number of carbonyl (C=O) groups excluding carboxylic acids is 1. The number of aliphatic carboxylic acids is 1. The number of carbonyl (C=O) groups is 2. The first-order chi connectivity index (χ1) is 9.92. The number of aryl methyl sites for hydroxylation is 1. The molecule has 1 aromatic heterocycles. The van der Waals surface area contributed by atoms with Gasteiger partial charge in [-0.1, -0.05) is 31.9 Å². The molecule has 0 fully saturated rings. The van der Waals surface area contributed by atoms with E-state index in [9.17, 15) is 14.7 Å². The second kappa shape index (κ2) is 5.99. The molecular weight excluding hydrogens is 270 g/mol. The van der Waals surface area contributed by atoms with Crippen molar-refractivity contribution < 1.29 is 19.1 Å². The van der Waals surface area contributed by atoms with Gasteiger partial charge in [-0.05, 0) is 31.0 Å². The van der Waals surface area contributed by atoms with Gasteiger partial charge in [0.25, 0.3) is 5.91 Å². The van der Waals surface area contributed by atoms with Gasteiger partial charge in [-0.25, -0.2) is 4.79 Å². The maximum Gasteiger partial charge on any atom is 0.326 e. The number of benzene rings is 1. The Bertz CT molecular complexity index is 674. The van der Waals surface area contributed by atoms with Crippen molar-refractivity contribution in [2.45, 2.75) is 33.2 Å². The summed E-state index contributed by atoms with van der Waals surface area (Å²) in [6, 6.07) is 6.32. The molecular formula is C16H19NO4. The summed E-state index contributed by atoms with van der Waals surface area (Å²) in [5.74, 6) is -1.57. The molecule has 1 heterocycles. The number of fused-ring (bicyclic) bond motifs is 1. The van der Waals surface area contributed by atoms with Crippen LogP contribution in [0.4, 0.5) is 0 Å². The van der Waals surface area contributed by atoms with Crippen LogP contribution in [0, 0.1) is 12.8 Å². The van der Waals surface area contributed by atoms with Gasteiger partial charge >= 0.3 is 5.97 Å². The van der Waals surface area contributed by atoms with E-state index in [1.165, 1.54) is 0 Å². The molecule has 0 aliphatic rings. The van der Waals surface area contributed by atoms with E-state index in [0.717, 1.165) is 10.9 Å². The SMILES string of the molecule is CC[C@H](C)[C@H](NC(=O)c1cc2cc(C)ccc2o1)C(=O)O. The first kappa shape index (κ1) is 15.1. The van der Waals surface area contributed by atoms with Gasteiger partial charge in [0.1, 0.15) is 11.6 Å². The lowest BCUT2D eigenvalue weighted by Crippen LogP contribution is -2.44. The van der Waals surface area contributed by atoms with Crippen molar-refractivity contribution in [3.8, 4) is 0 Å². The standard InChI is InChI=1S/C16H19NO4/c1-4-10(3)14(16(19)20)17-15(18)13-8-11-7-9(2)5-6-12(11)21-13/h5-8,10,14H,4H2,1-3H3,(H,17,18)(H,19,20)/t10-,14-/m0/s1. The second-order valence-electron chi connectivity index (χ2n) is 5.33. The summed E-state index contributed by atoms with van der Waals surface area (Å²) in [4.78, 5) is 23.4. The largest absolute Gasteiger partial charge is 0.480 e. The minimum atomic E-state index is -1.04. The smallest absolute Gasteiger partial charge is 0.326 e. The van der Waals surface area contributed by atoms with Crippen molar-refractivity contribution in [2.24, 2.45) is 5.92 Å². The van der Waals surface area contributed by atoms with Gasteiger partial charge in [0.15, 0.2) is 5.76 Å². The van der Waals surface area contributed by atoms with E-state index in [-0.39, 0.29) is 11.7 Å². The summed E-state index contributed by atoms with van der Waals surface area (Å²) in [6.45, 7) is 5.63. The van der Waals surface area contributed by atoms with E-state index < -0.39 is 17.9 Å². The summed E-state index contributed by atoms with van der Waals surface area (Å²) in [6.07, 6.45) is 0.663. The van der Waals surface area contributed by atoms with Gasteiger partial charge in [-0.2, -0.15) is 0 Å². The molecule has 2 atom stereocenters. The number of carboxylic acid groups (broad SMARTS) is 1. The van der Waals surface area contributed by atoms with Gasteiger partial charge in [0.05, 0.1) is 0 Å². The van der Waals surface area contributed by atoms with Crippen LogP contribution in [0.25, 0.3) is 11.0 Å². The molecule has 2 aromatic rings. The zero-order chi connectivity index (χ0) is 15.6. The van der Waals surface area contributed by atoms with Crippen LogP contribution in [0.1, 0.15) is 36.4 Å². The highest BCUT2D eigenvalue weighted by Gasteiger charge is 2.26. The van der Waals surface area contributed by atoms with Crippen LogP contribution in [0.3, 0.4) is 0 Å². The minimum Gasteiger partial charge on any atom is -0.480 e. The molecule has 0 aliphatic carbocycles. The number of carboxylic acids is 1. The molecule has 0 unspecified atom stereocenters. The summed E-state index contributed by atoms with van der Waals surface area (Å²) < 4.78 is 5.47. The molecule has 21 heavy (non-hydrogen) atoms. The Morgan fingerprint density at radius 3 is 2.67 bits per heavy atom. The Kier molecular flexibility index (Phi) is 4.31. The average Bonchev–Trinajstić information content (AvgIpc) is 2.86. The topological polar surface area (TPSA) is 79.5 Å². The number of nitrogens with one attached hydrogen (secondary N) is 1. The molecule has 112 valence electrons. The first-order valence-corrected chi connectivity index (χ1v) is 6.96. The predicted molar refractivity (Wildman–Crippen MR) is 79.3 cm³/mol. The predicted octanol–water partition coefficient (Wildman–Crippen LogP) is 2.97. The summed E-state index contributed by atoms with van der Waals surface area (Å²) in [5.41, 5.74) is 1.68. The lowest BCUT2D eigenvalue weighted by molar-refractivity contribution is -0.140. The molecule has 0 spiro atoms. The summed E-state index contributed by atoms with van der Waals surface area (Å²) in [5, 5.41) is 12.6. The Morgan fingerprint density at radius 1 is 1.33 bits per heavy atom. The number of rotatable bonds is 5. The highest BCUT2D eigenvalue weighted by molar-refractivity contribution is 5.98. The number of hydrogen-bond acceptors (Lipinski definition) is 3. The molecule has 0 radical (unpaired) electrons. The molecule has 2 rings (SSSR count). The van der Waals surface area contributed by atoms with Crippen molar-refractivity contribution in [1.82, 2.24) is 5.32 Å². The normalized spacial score (nSPS) is 13.9. The van der Waals surface area contributed by atoms with Crippen LogP contribution in [-0.4, -0.2) is 23.0 Å². The third kappa shape index (κ3) is 3.24. The Hall–Kier alpha value is -2.30. The maximum absolute atomic E-state index is 12.2. The van der Waals surface area contributed by atoms with Crippen molar-refractivity contribution in [3.05, 3.63) is 35.6 Å². The second-order valence-corrected chi connectivity index (χ2v) is 5.33. The van der Waals surface area contributed by atoms with Crippen molar-refractivity contribution in [3.63, 3.8) is 0 Å². The summed E-state index contributed by atoms with van der Waals surface area (Å²) in [7, 11) is 0. The van der Waals surface area contributed by atoms with E-state index in [1.54, 1.807) is 19.1 Å². The maximum atomic E-state index is 12.2. The van der Waals surface area contributed by atoms with E-state index in [2.05, 4.69) is 5.32 Å². The Balaban J connectivity index is 2.23. The monoisotopic (exact) mass is 289 g/mol. The van der Waals surface area contributed by atoms with Gasteiger partial charge in [0, 0.05) is 5.39 Å². The fraction of sp³-hybridized carbons (Fsp3) is 0.375.